The van der Waals surface area contributed by atoms with Crippen molar-refractivity contribution in [1.29, 1.82) is 0 Å². The van der Waals surface area contributed by atoms with Crippen molar-refractivity contribution < 1.29 is 8.81 Å². The molecular formula is C25H22BrFN4O. The van der Waals surface area contributed by atoms with Gasteiger partial charge in [-0.05, 0) is 54.1 Å². The number of halogens is 2. The molecule has 5 rings (SSSR count). The van der Waals surface area contributed by atoms with Gasteiger partial charge in [0, 0.05) is 41.9 Å². The molecule has 1 atom stereocenters. The molecule has 0 saturated carbocycles. The summed E-state index contributed by atoms with van der Waals surface area (Å²) in [5.41, 5.74) is 3.05. The molecule has 4 aromatic rings. The average Bonchev–Trinajstić information content (AvgIpc) is 3.32. The van der Waals surface area contributed by atoms with Gasteiger partial charge < -0.3 is 9.32 Å². The van der Waals surface area contributed by atoms with Crippen molar-refractivity contribution in [2.45, 2.75) is 6.04 Å². The maximum atomic E-state index is 13.3. The Morgan fingerprint density at radius 3 is 2.19 bits per heavy atom. The van der Waals surface area contributed by atoms with E-state index >= 15 is 0 Å². The van der Waals surface area contributed by atoms with Gasteiger partial charge in [0.2, 0.25) is 11.8 Å². The number of hydrogen-bond donors (Lipinski definition) is 0. The van der Waals surface area contributed by atoms with Crippen LogP contribution in [0.25, 0.3) is 11.5 Å². The molecule has 162 valence electrons. The Morgan fingerprint density at radius 2 is 1.50 bits per heavy atom. The van der Waals surface area contributed by atoms with Crippen molar-refractivity contribution in [3.05, 3.63) is 101 Å². The molecule has 1 aliphatic heterocycles. The maximum absolute atomic E-state index is 13.3. The van der Waals surface area contributed by atoms with Gasteiger partial charge in [0.1, 0.15) is 11.9 Å². The van der Waals surface area contributed by atoms with Crippen LogP contribution in [0.4, 0.5) is 10.1 Å². The predicted octanol–water partition coefficient (Wildman–Crippen LogP) is 5.55. The second-order valence-electron chi connectivity index (χ2n) is 7.76. The lowest BCUT2D eigenvalue weighted by Gasteiger charge is -2.39. The summed E-state index contributed by atoms with van der Waals surface area (Å²) in [5, 5.41) is 8.75. The predicted molar refractivity (Wildman–Crippen MR) is 126 cm³/mol. The number of aromatic nitrogens is 2. The van der Waals surface area contributed by atoms with Crippen LogP contribution in [0.1, 0.15) is 17.5 Å². The minimum absolute atomic E-state index is 0.136. The summed E-state index contributed by atoms with van der Waals surface area (Å²) in [6.07, 6.45) is 0. The monoisotopic (exact) mass is 492 g/mol. The molecule has 7 heteroatoms. The quantitative estimate of drug-likeness (QED) is 0.365. The van der Waals surface area contributed by atoms with Crippen LogP contribution in [0, 0.1) is 5.82 Å². The summed E-state index contributed by atoms with van der Waals surface area (Å²) >= 11 is 3.52. The molecule has 0 bridgehead atoms. The van der Waals surface area contributed by atoms with Crippen molar-refractivity contribution in [1.82, 2.24) is 15.1 Å². The summed E-state index contributed by atoms with van der Waals surface area (Å²) in [6.45, 7) is 3.30. The minimum atomic E-state index is -0.215. The SMILES string of the molecule is Fc1ccc(N2CCN(C(c3ccc(Br)cc3)c3nnc(-c4ccccc4)o3)CC2)cc1. The summed E-state index contributed by atoms with van der Waals surface area (Å²) in [6, 6.07) is 24.6. The number of rotatable bonds is 5. The highest BCUT2D eigenvalue weighted by Crippen LogP contribution is 2.32. The zero-order valence-electron chi connectivity index (χ0n) is 17.4. The zero-order valence-corrected chi connectivity index (χ0v) is 19.0. The van der Waals surface area contributed by atoms with Crippen LogP contribution in [-0.4, -0.2) is 41.3 Å². The summed E-state index contributed by atoms with van der Waals surface area (Å²) in [7, 11) is 0. The van der Waals surface area contributed by atoms with Crippen LogP contribution in [0.5, 0.6) is 0 Å². The van der Waals surface area contributed by atoms with E-state index in [1.807, 2.05) is 54.6 Å². The van der Waals surface area contributed by atoms with E-state index in [0.29, 0.717) is 11.8 Å². The van der Waals surface area contributed by atoms with Gasteiger partial charge in [-0.15, -0.1) is 10.2 Å². The first-order chi connectivity index (χ1) is 15.7. The Morgan fingerprint density at radius 1 is 0.812 bits per heavy atom. The molecule has 0 amide bonds. The van der Waals surface area contributed by atoms with E-state index in [1.165, 1.54) is 12.1 Å². The molecule has 1 aromatic heterocycles. The molecule has 1 saturated heterocycles. The van der Waals surface area contributed by atoms with Gasteiger partial charge in [0.05, 0.1) is 0 Å². The number of hydrogen-bond acceptors (Lipinski definition) is 5. The van der Waals surface area contributed by atoms with Gasteiger partial charge in [-0.2, -0.15) is 0 Å². The van der Waals surface area contributed by atoms with E-state index in [4.69, 9.17) is 4.42 Å². The van der Waals surface area contributed by atoms with Crippen molar-refractivity contribution in [3.63, 3.8) is 0 Å². The number of benzene rings is 3. The molecule has 2 heterocycles. The van der Waals surface area contributed by atoms with E-state index < -0.39 is 0 Å². The normalized spacial score (nSPS) is 15.6. The van der Waals surface area contributed by atoms with Crippen molar-refractivity contribution >= 4 is 21.6 Å². The maximum Gasteiger partial charge on any atom is 0.247 e. The molecule has 0 radical (unpaired) electrons. The molecule has 1 fully saturated rings. The topological polar surface area (TPSA) is 45.4 Å². The van der Waals surface area contributed by atoms with Crippen molar-refractivity contribution in [3.8, 4) is 11.5 Å². The van der Waals surface area contributed by atoms with Crippen LogP contribution in [0.2, 0.25) is 0 Å². The van der Waals surface area contributed by atoms with E-state index in [2.05, 4.69) is 48.1 Å². The lowest BCUT2D eigenvalue weighted by molar-refractivity contribution is 0.188. The fourth-order valence-electron chi connectivity index (χ4n) is 4.09. The Labute approximate surface area is 194 Å². The Balaban J connectivity index is 1.41. The van der Waals surface area contributed by atoms with Crippen LogP contribution in [-0.2, 0) is 0 Å². The number of anilines is 1. The lowest BCUT2D eigenvalue weighted by Crippen LogP contribution is -2.48. The van der Waals surface area contributed by atoms with E-state index in [9.17, 15) is 4.39 Å². The molecule has 1 unspecified atom stereocenters. The minimum Gasteiger partial charge on any atom is -0.419 e. The second kappa shape index (κ2) is 9.22. The first-order valence-electron chi connectivity index (χ1n) is 10.6. The number of piperazine rings is 1. The highest BCUT2D eigenvalue weighted by molar-refractivity contribution is 9.10. The third kappa shape index (κ3) is 4.45. The molecule has 5 nitrogen and oxygen atoms in total. The second-order valence-corrected chi connectivity index (χ2v) is 8.68. The first-order valence-corrected chi connectivity index (χ1v) is 11.4. The van der Waals surface area contributed by atoms with Gasteiger partial charge >= 0.3 is 0 Å². The van der Waals surface area contributed by atoms with Gasteiger partial charge in [-0.1, -0.05) is 46.3 Å². The molecule has 1 aliphatic rings. The van der Waals surface area contributed by atoms with Gasteiger partial charge in [-0.3, -0.25) is 4.90 Å². The third-order valence-corrected chi connectivity index (χ3v) is 6.28. The first kappa shape index (κ1) is 20.8. The van der Waals surface area contributed by atoms with Crippen LogP contribution in [0.15, 0.2) is 87.8 Å². The van der Waals surface area contributed by atoms with Gasteiger partial charge in [0.25, 0.3) is 0 Å². The summed E-state index contributed by atoms with van der Waals surface area (Å²) < 4.78 is 20.5. The standard InChI is InChI=1S/C25H22BrFN4O/c26-20-8-6-18(7-9-20)23(25-29-28-24(32-25)19-4-2-1-3-5-19)31-16-14-30(15-17-31)22-12-10-21(27)11-13-22/h1-13,23H,14-17H2. The molecule has 0 aliphatic carbocycles. The Bertz CT molecular complexity index is 1160. The van der Waals surface area contributed by atoms with Crippen LogP contribution >= 0.6 is 15.9 Å². The number of nitrogens with zero attached hydrogens (tertiary/aromatic N) is 4. The molecule has 3 aromatic carbocycles. The van der Waals surface area contributed by atoms with E-state index in [-0.39, 0.29) is 11.9 Å². The fourth-order valence-corrected chi connectivity index (χ4v) is 4.35. The van der Waals surface area contributed by atoms with Crippen LogP contribution < -0.4 is 4.90 Å². The third-order valence-electron chi connectivity index (χ3n) is 5.75. The van der Waals surface area contributed by atoms with Gasteiger partial charge in [0.15, 0.2) is 0 Å². The fraction of sp³-hybridized carbons (Fsp3) is 0.200. The molecular weight excluding hydrogens is 471 g/mol. The van der Waals surface area contributed by atoms with Gasteiger partial charge in [-0.25, -0.2) is 4.39 Å². The lowest BCUT2D eigenvalue weighted by atomic mass is 10.0. The Kier molecular flexibility index (Phi) is 6.01. The van der Waals surface area contributed by atoms with Crippen LogP contribution in [0.3, 0.4) is 0 Å². The van der Waals surface area contributed by atoms with E-state index in [1.54, 1.807) is 0 Å². The van der Waals surface area contributed by atoms with Crippen molar-refractivity contribution in [2.75, 3.05) is 31.1 Å². The summed E-state index contributed by atoms with van der Waals surface area (Å²) in [4.78, 5) is 4.64. The largest absolute Gasteiger partial charge is 0.419 e. The molecule has 0 N–H and O–H groups in total. The molecule has 32 heavy (non-hydrogen) atoms. The zero-order chi connectivity index (χ0) is 21.9. The van der Waals surface area contributed by atoms with Crippen molar-refractivity contribution in [2.24, 2.45) is 0 Å². The average molecular weight is 493 g/mol. The highest BCUT2D eigenvalue weighted by Gasteiger charge is 2.30. The Hall–Kier alpha value is -3.03. The smallest absolute Gasteiger partial charge is 0.247 e. The highest BCUT2D eigenvalue weighted by atomic mass is 79.9. The molecule has 0 spiro atoms. The summed E-state index contributed by atoms with van der Waals surface area (Å²) in [5.74, 6) is 0.891. The van der Waals surface area contributed by atoms with E-state index in [0.717, 1.165) is 47.5 Å².